The van der Waals surface area contributed by atoms with Crippen LogP contribution in [0.25, 0.3) is 0 Å². The number of rotatable bonds is 17. The van der Waals surface area contributed by atoms with Crippen LogP contribution in [0.4, 0.5) is 17.6 Å². The van der Waals surface area contributed by atoms with Gasteiger partial charge in [0.1, 0.15) is 17.7 Å². The molecule has 3 rings (SSSR count). The van der Waals surface area contributed by atoms with E-state index in [1.165, 1.54) is 13.0 Å². The van der Waals surface area contributed by atoms with E-state index in [2.05, 4.69) is 25.4 Å². The second-order valence-electron chi connectivity index (χ2n) is 9.53. The zero-order valence-electron chi connectivity index (χ0n) is 22.7. The van der Waals surface area contributed by atoms with Crippen molar-refractivity contribution in [3.8, 4) is 0 Å². The summed E-state index contributed by atoms with van der Waals surface area (Å²) >= 11 is 1.12. The van der Waals surface area contributed by atoms with E-state index in [1.807, 2.05) is 6.92 Å². The highest BCUT2D eigenvalue weighted by atomic mass is 32.1. The lowest BCUT2D eigenvalue weighted by Gasteiger charge is -2.25. The molecular formula is C27H31F4N3O7S. The van der Waals surface area contributed by atoms with Gasteiger partial charge in [-0.2, -0.15) is 17.6 Å². The molecule has 3 N–H and O–H groups in total. The highest BCUT2D eigenvalue weighted by molar-refractivity contribution is 7.14. The van der Waals surface area contributed by atoms with Crippen molar-refractivity contribution >= 4 is 34.8 Å². The normalized spacial score (nSPS) is 18.3. The van der Waals surface area contributed by atoms with Crippen molar-refractivity contribution in [3.63, 3.8) is 0 Å². The number of amides is 3. The molecule has 1 aromatic carbocycles. The summed E-state index contributed by atoms with van der Waals surface area (Å²) in [7, 11) is 0. The third-order valence-corrected chi connectivity index (χ3v) is 7.51. The zero-order valence-corrected chi connectivity index (χ0v) is 23.6. The maximum absolute atomic E-state index is 13.2. The van der Waals surface area contributed by atoms with E-state index in [0.29, 0.717) is 12.0 Å². The fourth-order valence-electron chi connectivity index (χ4n) is 3.85. The molecule has 230 valence electrons. The molecule has 0 radical (unpaired) electrons. The average molecular weight is 618 g/mol. The molecule has 0 bridgehead atoms. The number of hydrogen-bond donors (Lipinski definition) is 3. The highest BCUT2D eigenvalue weighted by Gasteiger charge is 2.50. The second-order valence-corrected chi connectivity index (χ2v) is 10.7. The van der Waals surface area contributed by atoms with Gasteiger partial charge >= 0.3 is 13.2 Å². The maximum Gasteiger partial charge on any atom is 0.345 e. The van der Waals surface area contributed by atoms with Gasteiger partial charge in [0, 0.05) is 4.88 Å². The molecule has 1 fully saturated rings. The van der Waals surface area contributed by atoms with Gasteiger partial charge in [-0.15, -0.1) is 11.3 Å². The minimum atomic E-state index is -3.32. The van der Waals surface area contributed by atoms with Crippen LogP contribution < -0.4 is 16.0 Å². The van der Waals surface area contributed by atoms with Crippen LogP contribution in [0.3, 0.4) is 0 Å². The standard InChI is InChI=1S/C27H31F4N3O7S/c1-3-16-9-10-20(42-16)24(38)34-19(13-40-26(30)31)23(37)33-18(12-39-25(28)29)22(36)32-17(21(35)27(2)14-41-27)11-15-7-5-4-6-8-15/h4-10,17-19,25-26H,3,11-14H2,1-2H3,(H,32,36)(H,33,37)(H,34,38)/t17-,18-,19-,27+/m0/s1. The summed E-state index contributed by atoms with van der Waals surface area (Å²) in [6.07, 6.45) is 0.665. The number of nitrogens with one attached hydrogen (secondary N) is 3. The van der Waals surface area contributed by atoms with Crippen LogP contribution in [0.5, 0.6) is 0 Å². The third kappa shape index (κ3) is 9.86. The fraction of sp³-hybridized carbons (Fsp3) is 0.481. The monoisotopic (exact) mass is 617 g/mol. The Balaban J connectivity index is 1.77. The van der Waals surface area contributed by atoms with Gasteiger partial charge in [-0.05, 0) is 37.5 Å². The third-order valence-electron chi connectivity index (χ3n) is 6.28. The van der Waals surface area contributed by atoms with Crippen LogP contribution in [-0.4, -0.2) is 80.3 Å². The minimum absolute atomic E-state index is 0.0300. The van der Waals surface area contributed by atoms with Gasteiger partial charge in [0.15, 0.2) is 5.78 Å². The number of benzene rings is 1. The zero-order chi connectivity index (χ0) is 30.9. The fourth-order valence-corrected chi connectivity index (χ4v) is 4.70. The van der Waals surface area contributed by atoms with Crippen molar-refractivity contribution in [2.75, 3.05) is 19.8 Å². The number of hydrogen-bond acceptors (Lipinski definition) is 8. The number of thiophene rings is 1. The SMILES string of the molecule is CCc1ccc(C(=O)N[C@@H](COC(F)F)C(=O)N[C@@H](COC(F)F)C(=O)N[C@@H](Cc2ccccc2)C(=O)[C@@]2(C)CO2)s1. The Morgan fingerprint density at radius 2 is 1.43 bits per heavy atom. The first-order valence-corrected chi connectivity index (χ1v) is 13.8. The van der Waals surface area contributed by atoms with Crippen LogP contribution in [-0.2, 0) is 41.4 Å². The molecule has 3 amide bonds. The molecule has 1 aliphatic heterocycles. The summed E-state index contributed by atoms with van der Waals surface area (Å²) in [4.78, 5) is 53.1. The molecular weight excluding hydrogens is 586 g/mol. The van der Waals surface area contributed by atoms with Crippen molar-refractivity contribution in [2.24, 2.45) is 0 Å². The summed E-state index contributed by atoms with van der Waals surface area (Å²) in [6, 6.07) is 7.12. The van der Waals surface area contributed by atoms with Gasteiger partial charge in [-0.1, -0.05) is 37.3 Å². The summed E-state index contributed by atoms with van der Waals surface area (Å²) in [6.45, 7) is -5.11. The number of carbonyl (C=O) groups is 4. The van der Waals surface area contributed by atoms with Crippen molar-refractivity contribution < 1.29 is 51.0 Å². The van der Waals surface area contributed by atoms with Gasteiger partial charge in [0.05, 0.1) is 30.7 Å². The number of alkyl halides is 4. The number of carbonyl (C=O) groups excluding carboxylic acids is 4. The maximum atomic E-state index is 13.2. The van der Waals surface area contributed by atoms with Crippen LogP contribution >= 0.6 is 11.3 Å². The lowest BCUT2D eigenvalue weighted by atomic mass is 9.94. The smallest absolute Gasteiger partial charge is 0.345 e. The van der Waals surface area contributed by atoms with Crippen LogP contribution in [0, 0.1) is 0 Å². The predicted molar refractivity (Wildman–Crippen MR) is 142 cm³/mol. The van der Waals surface area contributed by atoms with E-state index in [1.54, 1.807) is 36.4 Å². The molecule has 1 aliphatic rings. The van der Waals surface area contributed by atoms with E-state index >= 15 is 0 Å². The first kappa shape index (κ1) is 33.1. The van der Waals surface area contributed by atoms with Crippen LogP contribution in [0.2, 0.25) is 0 Å². The largest absolute Gasteiger partial charge is 0.361 e. The molecule has 1 aromatic heterocycles. The Morgan fingerprint density at radius 1 is 0.881 bits per heavy atom. The van der Waals surface area contributed by atoms with Crippen molar-refractivity contribution in [2.45, 2.75) is 63.6 Å². The van der Waals surface area contributed by atoms with E-state index in [4.69, 9.17) is 4.74 Å². The number of ether oxygens (including phenoxy) is 3. The van der Waals surface area contributed by atoms with Gasteiger partial charge in [-0.25, -0.2) is 0 Å². The Kier molecular flexibility index (Phi) is 12.0. The Bertz CT molecular complexity index is 1230. The van der Waals surface area contributed by atoms with E-state index in [0.717, 1.165) is 16.2 Å². The first-order chi connectivity index (χ1) is 19.9. The molecule has 0 spiro atoms. The molecule has 10 nitrogen and oxygen atoms in total. The molecule has 0 saturated carbocycles. The first-order valence-electron chi connectivity index (χ1n) is 12.9. The number of halogens is 4. The highest BCUT2D eigenvalue weighted by Crippen LogP contribution is 2.29. The van der Waals surface area contributed by atoms with Gasteiger partial charge in [0.2, 0.25) is 11.8 Å². The number of Topliss-reactive ketones (excluding diaryl/α,β-unsaturated/α-hetero) is 1. The second kappa shape index (κ2) is 15.2. The lowest BCUT2D eigenvalue weighted by Crippen LogP contribution is -2.59. The number of ketones is 1. The van der Waals surface area contributed by atoms with Crippen molar-refractivity contribution in [1.82, 2.24) is 16.0 Å². The summed E-state index contributed by atoms with van der Waals surface area (Å²) in [5.41, 5.74) is -0.469. The quantitative estimate of drug-likeness (QED) is 0.183. The molecule has 42 heavy (non-hydrogen) atoms. The molecule has 15 heteroatoms. The number of epoxide rings is 1. The molecule has 2 heterocycles. The van der Waals surface area contributed by atoms with Crippen molar-refractivity contribution in [1.29, 1.82) is 0 Å². The van der Waals surface area contributed by atoms with E-state index in [9.17, 15) is 36.7 Å². The summed E-state index contributed by atoms with van der Waals surface area (Å²) in [5.74, 6) is -3.49. The topological polar surface area (TPSA) is 135 Å². The van der Waals surface area contributed by atoms with Crippen LogP contribution in [0.1, 0.15) is 34.0 Å². The predicted octanol–water partition coefficient (Wildman–Crippen LogP) is 2.46. The molecule has 1 saturated heterocycles. The lowest BCUT2D eigenvalue weighted by molar-refractivity contribution is -0.152. The Hall–Kier alpha value is -3.40. The molecule has 4 atom stereocenters. The Labute approximate surface area is 243 Å². The van der Waals surface area contributed by atoms with Gasteiger partial charge in [-0.3, -0.25) is 19.2 Å². The number of aryl methyl sites for hydroxylation is 1. The molecule has 0 aliphatic carbocycles. The van der Waals surface area contributed by atoms with Gasteiger partial charge < -0.3 is 30.2 Å². The van der Waals surface area contributed by atoms with E-state index < -0.39 is 73.7 Å². The van der Waals surface area contributed by atoms with Gasteiger partial charge in [0.25, 0.3) is 5.91 Å². The van der Waals surface area contributed by atoms with E-state index in [-0.39, 0.29) is 17.9 Å². The summed E-state index contributed by atoms with van der Waals surface area (Å²) in [5, 5.41) is 6.87. The Morgan fingerprint density at radius 3 is 1.93 bits per heavy atom. The van der Waals surface area contributed by atoms with Crippen LogP contribution in [0.15, 0.2) is 42.5 Å². The van der Waals surface area contributed by atoms with Crippen molar-refractivity contribution in [3.05, 3.63) is 57.8 Å². The minimum Gasteiger partial charge on any atom is -0.361 e. The molecule has 0 unspecified atom stereocenters. The summed E-state index contributed by atoms with van der Waals surface area (Å²) < 4.78 is 65.1. The average Bonchev–Trinajstić information content (AvgIpc) is 3.52. The molecule has 2 aromatic rings.